The van der Waals surface area contributed by atoms with Gasteiger partial charge in [0.15, 0.2) is 0 Å². The number of hydrogen-bond donors (Lipinski definition) is 1. The Morgan fingerprint density at radius 1 is 1.14 bits per heavy atom. The molecule has 1 aromatic heterocycles. The van der Waals surface area contributed by atoms with Gasteiger partial charge in [0.2, 0.25) is 11.7 Å². The summed E-state index contributed by atoms with van der Waals surface area (Å²) in [6.45, 7) is 0.979. The van der Waals surface area contributed by atoms with Crippen LogP contribution in [0.15, 0.2) is 48.5 Å². The van der Waals surface area contributed by atoms with E-state index in [1.807, 2.05) is 0 Å². The minimum atomic E-state index is -4.63. The summed E-state index contributed by atoms with van der Waals surface area (Å²) in [6, 6.07) is 8.45. The average Bonchev–Trinajstić information content (AvgIpc) is 3.52. The summed E-state index contributed by atoms with van der Waals surface area (Å²) in [6.07, 6.45) is -1.05. The summed E-state index contributed by atoms with van der Waals surface area (Å²) < 4.78 is 53.3. The van der Waals surface area contributed by atoms with E-state index in [9.17, 15) is 27.2 Å². The van der Waals surface area contributed by atoms with Crippen molar-refractivity contribution in [1.82, 2.24) is 25.5 Å². The number of anilines is 1. The van der Waals surface area contributed by atoms with Gasteiger partial charge in [-0.1, -0.05) is 18.9 Å². The average molecular weight is 504 g/mol. The zero-order valence-corrected chi connectivity index (χ0v) is 19.4. The lowest BCUT2D eigenvalue weighted by Crippen LogP contribution is -2.51. The first-order chi connectivity index (χ1) is 17.1. The third-order valence-corrected chi connectivity index (χ3v) is 6.02. The number of nitrogens with zero attached hydrogens (tertiary/aromatic N) is 5. The van der Waals surface area contributed by atoms with Crippen LogP contribution in [-0.4, -0.2) is 44.1 Å². The number of carbonyl (C=O) groups excluding carboxylic acids is 2. The van der Waals surface area contributed by atoms with Gasteiger partial charge in [-0.15, -0.1) is 10.2 Å². The van der Waals surface area contributed by atoms with Gasteiger partial charge in [0.05, 0.1) is 5.56 Å². The highest BCUT2D eigenvalue weighted by molar-refractivity contribution is 6.00. The minimum Gasteiger partial charge on any atom is -0.352 e. The van der Waals surface area contributed by atoms with Crippen LogP contribution in [0.1, 0.15) is 38.2 Å². The molecule has 8 nitrogen and oxygen atoms in total. The molecule has 1 atom stereocenters. The number of alkyl halides is 3. The van der Waals surface area contributed by atoms with Gasteiger partial charge in [-0.25, -0.2) is 4.39 Å². The second-order valence-corrected chi connectivity index (χ2v) is 8.63. The molecule has 12 heteroatoms. The number of tetrazole rings is 1. The zero-order valence-electron chi connectivity index (χ0n) is 19.4. The lowest BCUT2D eigenvalue weighted by Gasteiger charge is -2.30. The third kappa shape index (κ3) is 5.86. The topological polar surface area (TPSA) is 93.0 Å². The fourth-order valence-electron chi connectivity index (χ4n) is 4.15. The number of nitrogens with one attached hydrogen (secondary N) is 1. The van der Waals surface area contributed by atoms with Crippen molar-refractivity contribution in [2.75, 3.05) is 4.90 Å². The standard InChI is InChI=1S/C24H24F4N6O2/c1-15(23(36)29-19-6-2-3-7-19)34(20-8-4-5-17(13-20)24(26,27)28)21(35)14-33-31-22(30-32-33)16-9-11-18(25)12-10-16/h4-5,8-13,15,19H,2-3,6-7,14H2,1H3,(H,29,36)/t15-/m0/s1. The molecule has 0 radical (unpaired) electrons. The van der Waals surface area contributed by atoms with Crippen LogP contribution in [0.3, 0.4) is 0 Å². The lowest BCUT2D eigenvalue weighted by molar-refractivity contribution is -0.137. The van der Waals surface area contributed by atoms with E-state index in [4.69, 9.17) is 0 Å². The molecule has 1 saturated carbocycles. The van der Waals surface area contributed by atoms with Crippen molar-refractivity contribution in [2.45, 2.75) is 57.4 Å². The summed E-state index contributed by atoms with van der Waals surface area (Å²) in [7, 11) is 0. The first kappa shape index (κ1) is 25.3. The molecule has 3 aromatic rings. The first-order valence-electron chi connectivity index (χ1n) is 11.5. The Bertz CT molecular complexity index is 1220. The SMILES string of the molecule is C[C@@H](C(=O)NC1CCCC1)N(C(=O)Cn1nnc(-c2ccc(F)cc2)n1)c1cccc(C(F)(F)F)c1. The molecule has 1 heterocycles. The lowest BCUT2D eigenvalue weighted by atomic mass is 10.1. The highest BCUT2D eigenvalue weighted by Crippen LogP contribution is 2.32. The van der Waals surface area contributed by atoms with Crippen molar-refractivity contribution < 1.29 is 27.2 Å². The first-order valence-corrected chi connectivity index (χ1v) is 11.5. The molecular weight excluding hydrogens is 480 g/mol. The van der Waals surface area contributed by atoms with Crippen LogP contribution in [0.2, 0.25) is 0 Å². The predicted octanol–water partition coefficient (Wildman–Crippen LogP) is 3.98. The molecule has 0 aliphatic heterocycles. The smallest absolute Gasteiger partial charge is 0.352 e. The Hall–Kier alpha value is -3.83. The number of amides is 2. The van der Waals surface area contributed by atoms with Crippen LogP contribution in [0.25, 0.3) is 11.4 Å². The summed E-state index contributed by atoms with van der Waals surface area (Å²) in [5.41, 5.74) is -0.560. The van der Waals surface area contributed by atoms with E-state index < -0.39 is 42.0 Å². The molecule has 0 bridgehead atoms. The molecule has 2 amide bonds. The van der Waals surface area contributed by atoms with E-state index in [0.717, 1.165) is 47.5 Å². The molecule has 36 heavy (non-hydrogen) atoms. The Labute approximate surface area is 204 Å². The monoisotopic (exact) mass is 504 g/mol. The quantitative estimate of drug-likeness (QED) is 0.492. The largest absolute Gasteiger partial charge is 0.416 e. The number of halogens is 4. The molecule has 4 rings (SSSR count). The zero-order chi connectivity index (χ0) is 25.9. The van der Waals surface area contributed by atoms with Crippen molar-refractivity contribution in [3.8, 4) is 11.4 Å². The van der Waals surface area contributed by atoms with Crippen LogP contribution in [0, 0.1) is 5.82 Å². The van der Waals surface area contributed by atoms with Crippen molar-refractivity contribution >= 4 is 17.5 Å². The second-order valence-electron chi connectivity index (χ2n) is 8.63. The number of rotatable bonds is 7. The Morgan fingerprint density at radius 3 is 2.50 bits per heavy atom. The molecule has 0 saturated heterocycles. The van der Waals surface area contributed by atoms with Gasteiger partial charge in [-0.05, 0) is 67.4 Å². The summed E-state index contributed by atoms with van der Waals surface area (Å²) in [5, 5.41) is 14.7. The Morgan fingerprint density at radius 2 is 1.83 bits per heavy atom. The second kappa shape index (κ2) is 10.4. The maximum atomic E-state index is 13.4. The summed E-state index contributed by atoms with van der Waals surface area (Å²) in [5.74, 6) is -1.47. The van der Waals surface area contributed by atoms with Crippen LogP contribution < -0.4 is 10.2 Å². The summed E-state index contributed by atoms with van der Waals surface area (Å²) in [4.78, 5) is 28.3. The van der Waals surface area contributed by atoms with Gasteiger partial charge in [0.1, 0.15) is 18.4 Å². The van der Waals surface area contributed by atoms with Crippen molar-refractivity contribution in [2.24, 2.45) is 0 Å². The van der Waals surface area contributed by atoms with Gasteiger partial charge in [-0.2, -0.15) is 18.0 Å². The van der Waals surface area contributed by atoms with Gasteiger partial charge in [-0.3, -0.25) is 14.5 Å². The van der Waals surface area contributed by atoms with Gasteiger partial charge in [0, 0.05) is 17.3 Å². The minimum absolute atomic E-state index is 0.0336. The van der Waals surface area contributed by atoms with Crippen LogP contribution in [-0.2, 0) is 22.3 Å². The van der Waals surface area contributed by atoms with E-state index in [1.54, 1.807) is 0 Å². The number of carbonyl (C=O) groups is 2. The van der Waals surface area contributed by atoms with E-state index in [1.165, 1.54) is 43.3 Å². The van der Waals surface area contributed by atoms with Gasteiger partial charge in [0.25, 0.3) is 5.91 Å². The van der Waals surface area contributed by atoms with E-state index >= 15 is 0 Å². The molecule has 0 unspecified atom stereocenters. The number of benzene rings is 2. The maximum Gasteiger partial charge on any atom is 0.416 e. The molecule has 1 aliphatic carbocycles. The van der Waals surface area contributed by atoms with Crippen molar-refractivity contribution in [1.29, 1.82) is 0 Å². The molecule has 1 aliphatic rings. The fraction of sp³-hybridized carbons (Fsp3) is 0.375. The normalized spacial score (nSPS) is 15.0. The van der Waals surface area contributed by atoms with Crippen LogP contribution >= 0.6 is 0 Å². The summed E-state index contributed by atoms with van der Waals surface area (Å²) >= 11 is 0. The molecule has 190 valence electrons. The van der Waals surface area contributed by atoms with E-state index in [0.29, 0.717) is 5.56 Å². The van der Waals surface area contributed by atoms with Gasteiger partial charge < -0.3 is 5.32 Å². The number of hydrogen-bond acceptors (Lipinski definition) is 5. The highest BCUT2D eigenvalue weighted by atomic mass is 19.4. The van der Waals surface area contributed by atoms with Crippen LogP contribution in [0.5, 0.6) is 0 Å². The molecular formula is C24H24F4N6O2. The fourth-order valence-corrected chi connectivity index (χ4v) is 4.15. The van der Waals surface area contributed by atoms with E-state index in [-0.39, 0.29) is 17.6 Å². The maximum absolute atomic E-state index is 13.4. The Kier molecular flexibility index (Phi) is 7.32. The van der Waals surface area contributed by atoms with Gasteiger partial charge >= 0.3 is 6.18 Å². The molecule has 1 N–H and O–H groups in total. The molecule has 2 aromatic carbocycles. The molecule has 0 spiro atoms. The highest BCUT2D eigenvalue weighted by Gasteiger charge is 2.34. The molecule has 1 fully saturated rings. The van der Waals surface area contributed by atoms with E-state index in [2.05, 4.69) is 20.7 Å². The Balaban J connectivity index is 1.59. The number of aromatic nitrogens is 4. The third-order valence-electron chi connectivity index (χ3n) is 6.02. The van der Waals surface area contributed by atoms with Crippen LogP contribution in [0.4, 0.5) is 23.2 Å². The predicted molar refractivity (Wildman–Crippen MR) is 122 cm³/mol. The van der Waals surface area contributed by atoms with Crippen molar-refractivity contribution in [3.05, 3.63) is 59.9 Å². The van der Waals surface area contributed by atoms with Crippen molar-refractivity contribution in [3.63, 3.8) is 0 Å².